The lowest BCUT2D eigenvalue weighted by Gasteiger charge is -2.30. The molecular formula is C16H24N2S. The van der Waals surface area contributed by atoms with Gasteiger partial charge in [0.1, 0.15) is 0 Å². The third-order valence-electron chi connectivity index (χ3n) is 3.88. The Bertz CT molecular complexity index is 412. The van der Waals surface area contributed by atoms with Gasteiger partial charge >= 0.3 is 0 Å². The van der Waals surface area contributed by atoms with Crippen LogP contribution < -0.4 is 5.73 Å². The minimum Gasteiger partial charge on any atom is -0.393 e. The molecule has 104 valence electrons. The molecule has 0 aromatic heterocycles. The van der Waals surface area contributed by atoms with Crippen molar-refractivity contribution in [2.24, 2.45) is 11.7 Å². The van der Waals surface area contributed by atoms with Crippen LogP contribution in [0.15, 0.2) is 30.3 Å². The third-order valence-corrected chi connectivity index (χ3v) is 4.17. The van der Waals surface area contributed by atoms with Crippen molar-refractivity contribution in [3.8, 4) is 0 Å². The number of benzene rings is 1. The van der Waals surface area contributed by atoms with Crippen molar-refractivity contribution in [3.05, 3.63) is 35.9 Å². The Morgan fingerprint density at radius 3 is 2.42 bits per heavy atom. The van der Waals surface area contributed by atoms with Gasteiger partial charge in [0, 0.05) is 25.0 Å². The quantitative estimate of drug-likeness (QED) is 0.776. The van der Waals surface area contributed by atoms with E-state index in [0.29, 0.717) is 11.0 Å². The lowest BCUT2D eigenvalue weighted by molar-refractivity contribution is 0.210. The number of nitrogens with two attached hydrogens (primary N) is 1. The molecule has 1 aromatic rings. The van der Waals surface area contributed by atoms with E-state index in [0.717, 1.165) is 12.5 Å². The van der Waals surface area contributed by atoms with Crippen molar-refractivity contribution in [2.45, 2.75) is 38.6 Å². The second-order valence-electron chi connectivity index (χ2n) is 5.86. The van der Waals surface area contributed by atoms with Gasteiger partial charge in [0.2, 0.25) is 0 Å². The summed E-state index contributed by atoms with van der Waals surface area (Å²) in [4.78, 5) is 3.13. The first-order chi connectivity index (χ1) is 9.08. The van der Waals surface area contributed by atoms with Crippen LogP contribution in [-0.4, -0.2) is 29.0 Å². The average Bonchev–Trinajstić information content (AvgIpc) is 3.18. The van der Waals surface area contributed by atoms with E-state index in [1.165, 1.54) is 24.9 Å². The molecule has 19 heavy (non-hydrogen) atoms. The van der Waals surface area contributed by atoms with E-state index in [2.05, 4.69) is 43.0 Å². The molecule has 1 aliphatic rings. The Hall–Kier alpha value is -0.930. The van der Waals surface area contributed by atoms with Crippen LogP contribution in [0.2, 0.25) is 0 Å². The van der Waals surface area contributed by atoms with Crippen LogP contribution >= 0.6 is 12.2 Å². The molecule has 1 fully saturated rings. The summed E-state index contributed by atoms with van der Waals surface area (Å²) in [5.74, 6) is 1.06. The van der Waals surface area contributed by atoms with Crippen molar-refractivity contribution < 1.29 is 0 Å². The van der Waals surface area contributed by atoms with E-state index in [4.69, 9.17) is 18.0 Å². The Kier molecular flexibility index (Phi) is 4.94. The summed E-state index contributed by atoms with van der Waals surface area (Å²) in [5, 5.41) is 0. The Morgan fingerprint density at radius 1 is 1.32 bits per heavy atom. The zero-order valence-electron chi connectivity index (χ0n) is 11.9. The van der Waals surface area contributed by atoms with Crippen LogP contribution in [-0.2, 0) is 0 Å². The average molecular weight is 276 g/mol. The van der Waals surface area contributed by atoms with Crippen molar-refractivity contribution in [1.29, 1.82) is 0 Å². The van der Waals surface area contributed by atoms with E-state index >= 15 is 0 Å². The number of rotatable bonds is 7. The van der Waals surface area contributed by atoms with E-state index < -0.39 is 0 Å². The van der Waals surface area contributed by atoms with Gasteiger partial charge in [-0.15, -0.1) is 0 Å². The fraction of sp³-hybridized carbons (Fsp3) is 0.562. The Balaban J connectivity index is 2.08. The Morgan fingerprint density at radius 2 is 1.95 bits per heavy atom. The lowest BCUT2D eigenvalue weighted by Crippen LogP contribution is -2.39. The van der Waals surface area contributed by atoms with Crippen LogP contribution in [0.25, 0.3) is 0 Å². The second kappa shape index (κ2) is 6.49. The molecule has 2 nitrogen and oxygen atoms in total. The zero-order chi connectivity index (χ0) is 13.8. The molecule has 1 saturated carbocycles. The van der Waals surface area contributed by atoms with Crippen molar-refractivity contribution in [3.63, 3.8) is 0 Å². The summed E-state index contributed by atoms with van der Waals surface area (Å²) in [6.07, 6.45) is 2.76. The summed E-state index contributed by atoms with van der Waals surface area (Å²) in [6.45, 7) is 6.63. The lowest BCUT2D eigenvalue weighted by atomic mass is 9.98. The summed E-state index contributed by atoms with van der Waals surface area (Å²) >= 11 is 5.28. The SMILES string of the molecule is CC(C)N(CC1CC1)CC(C(N)=S)c1ccccc1. The minimum absolute atomic E-state index is 0.164. The topological polar surface area (TPSA) is 29.3 Å². The van der Waals surface area contributed by atoms with Gasteiger partial charge in [-0.05, 0) is 38.2 Å². The Labute approximate surface area is 122 Å². The first kappa shape index (κ1) is 14.5. The van der Waals surface area contributed by atoms with Crippen LogP contribution in [0.1, 0.15) is 38.2 Å². The molecule has 1 aliphatic carbocycles. The molecule has 0 bridgehead atoms. The van der Waals surface area contributed by atoms with E-state index in [-0.39, 0.29) is 5.92 Å². The normalized spacial score (nSPS) is 16.8. The molecular weight excluding hydrogens is 252 g/mol. The van der Waals surface area contributed by atoms with E-state index in [9.17, 15) is 0 Å². The molecule has 0 aliphatic heterocycles. The van der Waals surface area contributed by atoms with Gasteiger partial charge in [-0.25, -0.2) is 0 Å². The highest BCUT2D eigenvalue weighted by Gasteiger charge is 2.27. The molecule has 3 heteroatoms. The maximum absolute atomic E-state index is 5.97. The fourth-order valence-corrected chi connectivity index (χ4v) is 2.62. The van der Waals surface area contributed by atoms with E-state index in [1.807, 2.05) is 6.07 Å². The van der Waals surface area contributed by atoms with Gasteiger partial charge in [0.25, 0.3) is 0 Å². The maximum Gasteiger partial charge on any atom is 0.0816 e. The van der Waals surface area contributed by atoms with Crippen molar-refractivity contribution >= 4 is 17.2 Å². The predicted molar refractivity (Wildman–Crippen MR) is 85.4 cm³/mol. The molecule has 2 N–H and O–H groups in total. The van der Waals surface area contributed by atoms with Gasteiger partial charge in [-0.3, -0.25) is 4.90 Å². The molecule has 0 heterocycles. The monoisotopic (exact) mass is 276 g/mol. The van der Waals surface area contributed by atoms with Crippen LogP contribution in [0.4, 0.5) is 0 Å². The molecule has 0 amide bonds. The standard InChI is InChI=1S/C16H24N2S/c1-12(2)18(10-13-8-9-13)11-15(16(17)19)14-6-4-3-5-7-14/h3-7,12-13,15H,8-11H2,1-2H3,(H2,17,19). The second-order valence-corrected chi connectivity index (χ2v) is 6.33. The summed E-state index contributed by atoms with van der Waals surface area (Å²) in [5.41, 5.74) is 7.20. The third kappa shape index (κ3) is 4.29. The van der Waals surface area contributed by atoms with Gasteiger partial charge in [-0.2, -0.15) is 0 Å². The van der Waals surface area contributed by atoms with Crippen molar-refractivity contribution in [1.82, 2.24) is 4.90 Å². The first-order valence-electron chi connectivity index (χ1n) is 7.16. The predicted octanol–water partition coefficient (Wildman–Crippen LogP) is 3.18. The largest absolute Gasteiger partial charge is 0.393 e. The number of nitrogens with zero attached hydrogens (tertiary/aromatic N) is 1. The summed E-state index contributed by atoms with van der Waals surface area (Å²) in [7, 11) is 0. The highest BCUT2D eigenvalue weighted by molar-refractivity contribution is 7.80. The summed E-state index contributed by atoms with van der Waals surface area (Å²) in [6, 6.07) is 10.9. The highest BCUT2D eigenvalue weighted by Crippen LogP contribution is 2.31. The van der Waals surface area contributed by atoms with Gasteiger partial charge in [-0.1, -0.05) is 42.5 Å². The molecule has 2 rings (SSSR count). The van der Waals surface area contributed by atoms with Crippen molar-refractivity contribution in [2.75, 3.05) is 13.1 Å². The molecule has 1 atom stereocenters. The fourth-order valence-electron chi connectivity index (χ4n) is 2.41. The molecule has 0 saturated heterocycles. The van der Waals surface area contributed by atoms with Gasteiger partial charge in [0.15, 0.2) is 0 Å². The van der Waals surface area contributed by atoms with Crippen LogP contribution in [0, 0.1) is 5.92 Å². The van der Waals surface area contributed by atoms with E-state index in [1.54, 1.807) is 0 Å². The first-order valence-corrected chi connectivity index (χ1v) is 7.57. The van der Waals surface area contributed by atoms with Gasteiger partial charge < -0.3 is 5.73 Å². The smallest absolute Gasteiger partial charge is 0.0816 e. The van der Waals surface area contributed by atoms with Crippen LogP contribution in [0.3, 0.4) is 0 Å². The van der Waals surface area contributed by atoms with Crippen LogP contribution in [0.5, 0.6) is 0 Å². The molecule has 0 spiro atoms. The molecule has 0 radical (unpaired) electrons. The molecule has 1 aromatic carbocycles. The van der Waals surface area contributed by atoms with Gasteiger partial charge in [0.05, 0.1) is 4.99 Å². The number of hydrogen-bond donors (Lipinski definition) is 1. The summed E-state index contributed by atoms with van der Waals surface area (Å²) < 4.78 is 0. The highest BCUT2D eigenvalue weighted by atomic mass is 32.1. The zero-order valence-corrected chi connectivity index (χ0v) is 12.7. The number of hydrogen-bond acceptors (Lipinski definition) is 2. The number of thiocarbonyl (C=S) groups is 1. The maximum atomic E-state index is 5.97. The minimum atomic E-state index is 0.164. The molecule has 1 unspecified atom stereocenters.